The van der Waals surface area contributed by atoms with Gasteiger partial charge in [-0.25, -0.2) is 14.6 Å². The molecule has 27 heavy (non-hydrogen) atoms. The van der Waals surface area contributed by atoms with Gasteiger partial charge in [0.05, 0.1) is 0 Å². The monoisotopic (exact) mass is 373 g/mol. The van der Waals surface area contributed by atoms with Crippen molar-refractivity contribution in [3.8, 4) is 0 Å². The zero-order valence-electron chi connectivity index (χ0n) is 15.0. The number of unbranched alkanes of at least 4 members (excludes halogenated alkanes) is 1. The van der Waals surface area contributed by atoms with Crippen molar-refractivity contribution in [3.05, 3.63) is 62.0 Å². The number of hydrogen-bond acceptors (Lipinski definition) is 6. The molecule has 0 aromatic carbocycles. The van der Waals surface area contributed by atoms with Crippen LogP contribution >= 0.6 is 0 Å². The molecule has 0 atom stereocenters. The van der Waals surface area contributed by atoms with Crippen molar-refractivity contribution in [2.24, 2.45) is 7.05 Å². The summed E-state index contributed by atoms with van der Waals surface area (Å²) >= 11 is 0. The van der Waals surface area contributed by atoms with E-state index < -0.39 is 17.2 Å². The zero-order chi connectivity index (χ0) is 19.6. The third kappa shape index (κ3) is 3.46. The zero-order valence-corrected chi connectivity index (χ0v) is 15.0. The van der Waals surface area contributed by atoms with E-state index in [-0.39, 0.29) is 29.3 Å². The van der Waals surface area contributed by atoms with Gasteiger partial charge < -0.3 is 14.5 Å². The SMILES string of the molecule is CCCCn1c(=O)[nH]c(=O)c2c1nc(COC(=O)c1cccc[n+]1[O-])n2C. The number of pyridine rings is 1. The van der Waals surface area contributed by atoms with Crippen molar-refractivity contribution in [2.45, 2.75) is 32.9 Å². The molecule has 0 saturated carbocycles. The van der Waals surface area contributed by atoms with Crippen molar-refractivity contribution in [2.75, 3.05) is 0 Å². The average Bonchev–Trinajstić information content (AvgIpc) is 2.97. The Morgan fingerprint density at radius 2 is 2.15 bits per heavy atom. The normalized spacial score (nSPS) is 11.0. The van der Waals surface area contributed by atoms with Crippen LogP contribution in [0.15, 0.2) is 34.0 Å². The van der Waals surface area contributed by atoms with Gasteiger partial charge in [0.1, 0.15) is 12.4 Å². The number of aryl methyl sites for hydroxylation is 2. The molecular weight excluding hydrogens is 354 g/mol. The maximum Gasteiger partial charge on any atom is 0.405 e. The van der Waals surface area contributed by atoms with Crippen molar-refractivity contribution in [1.29, 1.82) is 0 Å². The van der Waals surface area contributed by atoms with E-state index in [1.165, 1.54) is 27.5 Å². The molecule has 0 aliphatic rings. The summed E-state index contributed by atoms with van der Waals surface area (Å²) in [7, 11) is 1.60. The van der Waals surface area contributed by atoms with Crippen LogP contribution in [0.1, 0.15) is 36.1 Å². The van der Waals surface area contributed by atoms with E-state index in [0.717, 1.165) is 12.8 Å². The standard InChI is InChI=1S/C17H19N5O5/c1-3-4-8-21-14-13(15(23)19-17(21)25)20(2)12(18-14)10-27-16(24)11-7-5-6-9-22(11)26/h5-7,9H,3-4,8,10H2,1-2H3,(H,19,23,25). The van der Waals surface area contributed by atoms with Gasteiger partial charge in [-0.3, -0.25) is 14.3 Å². The van der Waals surface area contributed by atoms with Crippen LogP contribution in [0.25, 0.3) is 11.2 Å². The maximum atomic E-state index is 12.2. The van der Waals surface area contributed by atoms with Gasteiger partial charge >= 0.3 is 17.4 Å². The van der Waals surface area contributed by atoms with Gasteiger partial charge in [-0.2, -0.15) is 4.73 Å². The van der Waals surface area contributed by atoms with Gasteiger partial charge in [0.25, 0.3) is 5.56 Å². The quantitative estimate of drug-likeness (QED) is 0.374. The lowest BCUT2D eigenvalue weighted by Gasteiger charge is -2.05. The predicted octanol–water partition coefficient (Wildman–Crippen LogP) is 0.214. The minimum atomic E-state index is -0.810. The minimum absolute atomic E-state index is 0.158. The summed E-state index contributed by atoms with van der Waals surface area (Å²) in [6.45, 7) is 2.16. The number of imidazole rings is 1. The number of carbonyl (C=O) groups is 1. The van der Waals surface area contributed by atoms with Gasteiger partial charge in [0, 0.05) is 25.7 Å². The molecule has 0 bridgehead atoms. The van der Waals surface area contributed by atoms with Crippen molar-refractivity contribution < 1.29 is 14.3 Å². The van der Waals surface area contributed by atoms with E-state index in [0.29, 0.717) is 11.3 Å². The fourth-order valence-corrected chi connectivity index (χ4v) is 2.73. The molecule has 142 valence electrons. The third-order valence-electron chi connectivity index (χ3n) is 4.21. The summed E-state index contributed by atoms with van der Waals surface area (Å²) in [5.41, 5.74) is -0.788. The minimum Gasteiger partial charge on any atom is -0.618 e. The molecule has 0 fully saturated rings. The van der Waals surface area contributed by atoms with Crippen LogP contribution in [0.3, 0.4) is 0 Å². The lowest BCUT2D eigenvalue weighted by molar-refractivity contribution is -0.608. The Morgan fingerprint density at radius 3 is 2.85 bits per heavy atom. The number of aromatic amines is 1. The fourth-order valence-electron chi connectivity index (χ4n) is 2.73. The van der Waals surface area contributed by atoms with Crippen LogP contribution in [-0.2, 0) is 24.9 Å². The lowest BCUT2D eigenvalue weighted by Crippen LogP contribution is -2.34. The topological polar surface area (TPSA) is 126 Å². The number of aromatic nitrogens is 5. The number of ether oxygens (including phenoxy) is 1. The first-order valence-corrected chi connectivity index (χ1v) is 8.47. The largest absolute Gasteiger partial charge is 0.618 e. The summed E-state index contributed by atoms with van der Waals surface area (Å²) in [5.74, 6) is -0.525. The second-order valence-corrected chi connectivity index (χ2v) is 6.01. The number of H-pyrrole nitrogens is 1. The number of esters is 1. The predicted molar refractivity (Wildman–Crippen MR) is 95.0 cm³/mol. The smallest absolute Gasteiger partial charge is 0.405 e. The van der Waals surface area contributed by atoms with Crippen LogP contribution in [0, 0.1) is 5.21 Å². The second-order valence-electron chi connectivity index (χ2n) is 6.01. The van der Waals surface area contributed by atoms with Crippen molar-refractivity contribution in [1.82, 2.24) is 19.1 Å². The number of fused-ring (bicyclic) bond motifs is 1. The highest BCUT2D eigenvalue weighted by Gasteiger charge is 2.20. The summed E-state index contributed by atoms with van der Waals surface area (Å²) in [5, 5.41) is 11.6. The molecule has 0 radical (unpaired) electrons. The number of nitrogens with one attached hydrogen (secondary N) is 1. The van der Waals surface area contributed by atoms with Crippen LogP contribution in [0.5, 0.6) is 0 Å². The van der Waals surface area contributed by atoms with Crippen molar-refractivity contribution in [3.63, 3.8) is 0 Å². The molecule has 3 aromatic rings. The molecule has 0 aliphatic carbocycles. The molecule has 10 nitrogen and oxygen atoms in total. The van der Waals surface area contributed by atoms with Crippen LogP contribution in [0.4, 0.5) is 0 Å². The molecular formula is C17H19N5O5. The van der Waals surface area contributed by atoms with Crippen LogP contribution < -0.4 is 16.0 Å². The summed E-state index contributed by atoms with van der Waals surface area (Å²) in [4.78, 5) is 43.0. The summed E-state index contributed by atoms with van der Waals surface area (Å²) in [6, 6.07) is 4.39. The molecule has 3 rings (SSSR count). The van der Waals surface area contributed by atoms with E-state index in [9.17, 15) is 19.6 Å². The number of hydrogen-bond donors (Lipinski definition) is 1. The Balaban J connectivity index is 1.94. The van der Waals surface area contributed by atoms with E-state index in [4.69, 9.17) is 4.74 Å². The molecule has 1 N–H and O–H groups in total. The van der Waals surface area contributed by atoms with Gasteiger partial charge in [-0.05, 0) is 12.5 Å². The Labute approximate surface area is 153 Å². The van der Waals surface area contributed by atoms with Gasteiger partial charge in [0.15, 0.2) is 17.4 Å². The van der Waals surface area contributed by atoms with E-state index in [1.54, 1.807) is 13.1 Å². The third-order valence-corrected chi connectivity index (χ3v) is 4.21. The fraction of sp³-hybridized carbons (Fsp3) is 0.353. The first-order valence-electron chi connectivity index (χ1n) is 8.47. The average molecular weight is 373 g/mol. The highest BCUT2D eigenvalue weighted by molar-refractivity contribution is 5.85. The molecule has 0 unspecified atom stereocenters. The maximum absolute atomic E-state index is 12.2. The van der Waals surface area contributed by atoms with E-state index in [1.807, 2.05) is 6.92 Å². The highest BCUT2D eigenvalue weighted by atomic mass is 16.5. The van der Waals surface area contributed by atoms with Crippen molar-refractivity contribution >= 4 is 17.1 Å². The summed E-state index contributed by atoms with van der Waals surface area (Å²) < 4.78 is 8.43. The first kappa shape index (κ1) is 18.4. The Bertz CT molecular complexity index is 1110. The van der Waals surface area contributed by atoms with Crippen LogP contribution in [0.2, 0.25) is 0 Å². The molecule has 0 aliphatic heterocycles. The second kappa shape index (κ2) is 7.44. The number of nitrogens with zero attached hydrogens (tertiary/aromatic N) is 4. The van der Waals surface area contributed by atoms with E-state index >= 15 is 0 Å². The summed E-state index contributed by atoms with van der Waals surface area (Å²) in [6.07, 6.45) is 2.81. The van der Waals surface area contributed by atoms with Gasteiger partial charge in [-0.1, -0.05) is 13.3 Å². The molecule has 10 heteroatoms. The Morgan fingerprint density at radius 1 is 1.37 bits per heavy atom. The molecule has 0 saturated heterocycles. The highest BCUT2D eigenvalue weighted by Crippen LogP contribution is 2.11. The number of carbonyl (C=O) groups excluding carboxylic acids is 1. The Hall–Kier alpha value is -3.43. The molecule has 3 aromatic heterocycles. The van der Waals surface area contributed by atoms with Crippen LogP contribution in [-0.4, -0.2) is 25.1 Å². The Kier molecular flexibility index (Phi) is 5.06. The van der Waals surface area contributed by atoms with Gasteiger partial charge in [0.2, 0.25) is 0 Å². The molecule has 0 amide bonds. The first-order chi connectivity index (χ1) is 12.9. The molecule has 3 heterocycles. The number of rotatable bonds is 6. The lowest BCUT2D eigenvalue weighted by atomic mass is 10.3. The molecule has 0 spiro atoms. The van der Waals surface area contributed by atoms with E-state index in [2.05, 4.69) is 9.97 Å². The van der Waals surface area contributed by atoms with Gasteiger partial charge in [-0.15, -0.1) is 0 Å².